The molecule has 1 saturated carbocycles. The van der Waals surface area contributed by atoms with Gasteiger partial charge in [-0.05, 0) is 75.4 Å². The van der Waals surface area contributed by atoms with Gasteiger partial charge in [-0.3, -0.25) is 19.4 Å². The summed E-state index contributed by atoms with van der Waals surface area (Å²) in [4.78, 5) is 39.9. The van der Waals surface area contributed by atoms with Gasteiger partial charge in [0.05, 0.1) is 32.3 Å². The van der Waals surface area contributed by atoms with E-state index in [2.05, 4.69) is 75.3 Å². The first kappa shape index (κ1) is 35.4. The largest absolute Gasteiger partial charge is 0.468 e. The predicted molar refractivity (Wildman–Crippen MR) is 206 cm³/mol. The Kier molecular flexibility index (Phi) is 7.58. The Hall–Kier alpha value is -4.00. The normalized spacial score (nSPS) is 41.2. The molecule has 6 saturated heterocycles. The van der Waals surface area contributed by atoms with Gasteiger partial charge in [-0.1, -0.05) is 53.6 Å². The highest BCUT2D eigenvalue weighted by molar-refractivity contribution is 5.88. The lowest BCUT2D eigenvalue weighted by Crippen LogP contribution is -2.83. The van der Waals surface area contributed by atoms with Crippen LogP contribution in [-0.2, 0) is 35.6 Å². The zero-order valence-electron chi connectivity index (χ0n) is 32.6. The number of likely N-dealkylation sites (N-methyl/N-ethyl adjacent to an activating group) is 2. The van der Waals surface area contributed by atoms with Crippen molar-refractivity contribution in [2.24, 2.45) is 22.7 Å². The van der Waals surface area contributed by atoms with Crippen LogP contribution in [0.2, 0.25) is 0 Å². The third-order valence-corrected chi connectivity index (χ3v) is 16.1. The molecule has 2 aliphatic carbocycles. The lowest BCUT2D eigenvalue weighted by molar-refractivity contribution is -0.331. The lowest BCUT2D eigenvalue weighted by Gasteiger charge is -2.67. The molecule has 7 aliphatic heterocycles. The topological polar surface area (TPSA) is 128 Å². The van der Waals surface area contributed by atoms with Crippen LogP contribution in [-0.4, -0.2) is 116 Å². The van der Waals surface area contributed by atoms with E-state index in [-0.39, 0.29) is 42.5 Å². The van der Waals surface area contributed by atoms with Gasteiger partial charge < -0.3 is 34.3 Å². The number of esters is 2. The molecule has 2 aromatic carbocycles. The number of hydrogen-bond donors (Lipinski definition) is 3. The molecule has 3 N–H and O–H groups in total. The van der Waals surface area contributed by atoms with Gasteiger partial charge >= 0.3 is 11.9 Å². The molecule has 55 heavy (non-hydrogen) atoms. The van der Waals surface area contributed by atoms with Crippen molar-refractivity contribution in [1.82, 2.24) is 14.8 Å². The van der Waals surface area contributed by atoms with Crippen LogP contribution in [0.25, 0.3) is 10.9 Å². The number of carbonyl (C=O) groups is 2. The molecule has 8 bridgehead atoms. The highest BCUT2D eigenvalue weighted by Gasteiger charge is 2.89. The number of aromatic nitrogens is 1. The SMILES string of the molecule is C/C=C1/CN2CC[C@@]34c5cc([C@@H]6C[C@H]7/C(=C\C)CN(C)[C@@H](Cc8c6[nH]c6ccccc86)[C@@]7(CO)C(=O)OC)ccc5N(C)[C@@]23[C@H]2CC1[C@]4(C(=O)OC)[C@H](O)O2. The third-order valence-electron chi connectivity index (χ3n) is 16.1. The van der Waals surface area contributed by atoms with Crippen molar-refractivity contribution in [3.05, 3.63) is 88.1 Å². The van der Waals surface area contributed by atoms with Crippen molar-refractivity contribution in [2.45, 2.75) is 75.0 Å². The van der Waals surface area contributed by atoms with E-state index in [1.807, 2.05) is 27.0 Å². The summed E-state index contributed by atoms with van der Waals surface area (Å²) < 4.78 is 17.9. The van der Waals surface area contributed by atoms with Gasteiger partial charge in [-0.15, -0.1) is 0 Å². The molecule has 0 radical (unpaired) electrons. The number of ether oxygens (including phenoxy) is 3. The lowest BCUT2D eigenvalue weighted by atomic mass is 9.43. The number of rotatable bonds is 4. The Morgan fingerprint density at radius 1 is 1.00 bits per heavy atom. The number of benzene rings is 2. The van der Waals surface area contributed by atoms with E-state index in [1.165, 1.54) is 14.2 Å². The molecule has 11 heteroatoms. The van der Waals surface area contributed by atoms with Crippen LogP contribution in [0.1, 0.15) is 61.4 Å². The maximum atomic E-state index is 14.7. The van der Waals surface area contributed by atoms with Crippen molar-refractivity contribution in [3.8, 4) is 0 Å². The van der Waals surface area contributed by atoms with Crippen molar-refractivity contribution in [1.29, 1.82) is 0 Å². The second-order valence-corrected chi connectivity index (χ2v) is 17.2. The number of likely N-dealkylation sites (tertiary alicyclic amines) is 1. The first-order valence-electron chi connectivity index (χ1n) is 19.9. The van der Waals surface area contributed by atoms with Gasteiger partial charge in [-0.2, -0.15) is 0 Å². The van der Waals surface area contributed by atoms with E-state index in [1.54, 1.807) is 0 Å². The number of carbonyl (C=O) groups excluding carboxylic acids is 2. The average Bonchev–Trinajstić information content (AvgIpc) is 3.77. The molecule has 290 valence electrons. The minimum Gasteiger partial charge on any atom is -0.468 e. The molecule has 11 atom stereocenters. The molecule has 3 aromatic rings. The number of aliphatic hydroxyl groups is 2. The minimum atomic E-state index is -1.37. The number of aliphatic hydroxyl groups excluding tert-OH is 2. The number of aromatic amines is 1. The maximum absolute atomic E-state index is 14.7. The van der Waals surface area contributed by atoms with Crippen LogP contribution in [0.15, 0.2) is 65.8 Å². The van der Waals surface area contributed by atoms with Crippen molar-refractivity contribution < 1.29 is 34.0 Å². The fraction of sp³-hybridized carbons (Fsp3) is 0.545. The summed E-state index contributed by atoms with van der Waals surface area (Å²) in [5.41, 5.74) is 4.58. The number of anilines is 1. The molecule has 12 rings (SSSR count). The Labute approximate surface area is 321 Å². The number of methoxy groups -OCH3 is 2. The van der Waals surface area contributed by atoms with E-state index < -0.39 is 34.2 Å². The number of hydrogen-bond acceptors (Lipinski definition) is 10. The summed E-state index contributed by atoms with van der Waals surface area (Å²) in [6.07, 6.45) is 4.97. The first-order chi connectivity index (χ1) is 26.6. The number of nitrogens with zero attached hydrogens (tertiary/aromatic N) is 3. The Balaban J connectivity index is 1.24. The fourth-order valence-electron chi connectivity index (χ4n) is 14.1. The molecular weight excluding hydrogens is 697 g/mol. The Bertz CT molecular complexity index is 2210. The number of piperidine rings is 1. The summed E-state index contributed by atoms with van der Waals surface area (Å²) in [7, 11) is 7.04. The highest BCUT2D eigenvalue weighted by Crippen LogP contribution is 2.78. The van der Waals surface area contributed by atoms with E-state index in [9.17, 15) is 19.8 Å². The van der Waals surface area contributed by atoms with Crippen LogP contribution < -0.4 is 4.90 Å². The number of allylic oxidation sites excluding steroid dienone is 2. The van der Waals surface area contributed by atoms with Crippen molar-refractivity contribution in [3.63, 3.8) is 0 Å². The predicted octanol–water partition coefficient (Wildman–Crippen LogP) is 4.22. The van der Waals surface area contributed by atoms with Crippen LogP contribution >= 0.6 is 0 Å². The van der Waals surface area contributed by atoms with Gasteiger partial charge in [-0.25, -0.2) is 0 Å². The smallest absolute Gasteiger partial charge is 0.318 e. The summed E-state index contributed by atoms with van der Waals surface area (Å²) in [6.45, 7) is 5.85. The summed E-state index contributed by atoms with van der Waals surface area (Å²) in [5, 5.41) is 24.8. The zero-order chi connectivity index (χ0) is 38.4. The van der Waals surface area contributed by atoms with Crippen LogP contribution in [0.4, 0.5) is 5.69 Å². The number of H-pyrrole nitrogens is 1. The standard InChI is InChI=1S/C44H52N4O7/c1-7-24-21-46(3)35-19-29-27-11-9-10-12-33(27)45-37(29)28(18-30(24)41(35,23-49)38(50)53-5)26-13-14-34-32(17-26)42-15-16-48-22-25(8-2)31-20-36(44(42,48)47(34)4)55-40(52)43(31,42)39(51)54-6/h7-14,17,28,30-31,35-36,40,45,49,52H,15-16,18-23H2,1-6H3/b24-7-,25-8-/t28-,30-,31?,35-,36+,40+,41-,42-,43-,44-/m0/s1. The van der Waals surface area contributed by atoms with E-state index in [0.717, 1.165) is 56.7 Å². The molecular formula is C44H52N4O7. The van der Waals surface area contributed by atoms with Crippen LogP contribution in [0, 0.1) is 22.7 Å². The number of nitrogens with one attached hydrogen (secondary N) is 1. The number of para-hydroxylation sites is 1. The van der Waals surface area contributed by atoms with E-state index in [4.69, 9.17) is 14.2 Å². The highest BCUT2D eigenvalue weighted by atomic mass is 16.6. The average molecular weight is 749 g/mol. The van der Waals surface area contributed by atoms with Gasteiger partial charge in [0, 0.05) is 72.8 Å². The minimum absolute atomic E-state index is 0.204. The van der Waals surface area contributed by atoms with Crippen molar-refractivity contribution >= 4 is 28.5 Å². The maximum Gasteiger partial charge on any atom is 0.318 e. The van der Waals surface area contributed by atoms with Gasteiger partial charge in [0.25, 0.3) is 0 Å². The first-order valence-corrected chi connectivity index (χ1v) is 19.9. The molecule has 8 heterocycles. The quantitative estimate of drug-likeness (QED) is 0.264. The molecule has 2 unspecified atom stereocenters. The van der Waals surface area contributed by atoms with Crippen LogP contribution in [0.5, 0.6) is 0 Å². The third kappa shape index (κ3) is 3.76. The molecule has 7 fully saturated rings. The molecule has 11 nitrogen and oxygen atoms in total. The molecule has 1 spiro atoms. The second kappa shape index (κ2) is 11.8. The van der Waals surface area contributed by atoms with Gasteiger partial charge in [0.15, 0.2) is 6.29 Å². The summed E-state index contributed by atoms with van der Waals surface area (Å²) >= 11 is 0. The molecule has 9 aliphatic rings. The number of fused-ring (bicyclic) bond motifs is 8. The molecule has 1 aromatic heterocycles. The van der Waals surface area contributed by atoms with E-state index >= 15 is 0 Å². The summed E-state index contributed by atoms with van der Waals surface area (Å²) in [5.74, 6) is -1.57. The molecule has 0 amide bonds. The van der Waals surface area contributed by atoms with Crippen molar-refractivity contribution in [2.75, 3.05) is 59.5 Å². The van der Waals surface area contributed by atoms with Crippen LogP contribution in [0.3, 0.4) is 0 Å². The monoisotopic (exact) mass is 748 g/mol. The Morgan fingerprint density at radius 2 is 1.75 bits per heavy atom. The second-order valence-electron chi connectivity index (χ2n) is 17.2. The van der Waals surface area contributed by atoms with Gasteiger partial charge in [0.2, 0.25) is 0 Å². The van der Waals surface area contributed by atoms with Gasteiger partial charge in [0.1, 0.15) is 16.5 Å². The van der Waals surface area contributed by atoms with E-state index in [0.29, 0.717) is 38.8 Å². The summed E-state index contributed by atoms with van der Waals surface area (Å²) in [6, 6.07) is 14.8. The zero-order valence-corrected chi connectivity index (χ0v) is 32.6. The fourth-order valence-corrected chi connectivity index (χ4v) is 14.1. The Morgan fingerprint density at radius 3 is 2.47 bits per heavy atom.